The molecule has 2 heterocycles. The van der Waals surface area contributed by atoms with Crippen LogP contribution in [0.25, 0.3) is 0 Å². The van der Waals surface area contributed by atoms with Gasteiger partial charge >= 0.3 is 12.2 Å². The number of carboxylic acids is 1. The van der Waals surface area contributed by atoms with Crippen LogP contribution < -0.4 is 5.11 Å². The van der Waals surface area contributed by atoms with Crippen molar-refractivity contribution in [2.24, 2.45) is 11.3 Å². The van der Waals surface area contributed by atoms with Crippen molar-refractivity contribution >= 4 is 18.2 Å². The standard InChI is InChI=1S/C21H28N2O6/c1-20(2,3)29-19(27)23-12-16-11-22(10-9-21(16,14-23)17(24)25)18(26)28-13-15-7-5-4-6-8-15/h4-8,16H,9-14H2,1-3H3,(H,24,25)/p-1/t16?,21-/m1/s1. The monoisotopic (exact) mass is 403 g/mol. The second-order valence-corrected chi connectivity index (χ2v) is 8.74. The van der Waals surface area contributed by atoms with Gasteiger partial charge in [0.25, 0.3) is 0 Å². The van der Waals surface area contributed by atoms with Gasteiger partial charge in [0.1, 0.15) is 12.2 Å². The molecule has 8 nitrogen and oxygen atoms in total. The average molecular weight is 403 g/mol. The number of hydrogen-bond donors (Lipinski definition) is 0. The van der Waals surface area contributed by atoms with Crippen molar-refractivity contribution in [3.8, 4) is 0 Å². The second kappa shape index (κ2) is 7.93. The Morgan fingerprint density at radius 3 is 2.38 bits per heavy atom. The van der Waals surface area contributed by atoms with E-state index in [0.717, 1.165) is 5.56 Å². The number of amides is 2. The number of hydrogen-bond acceptors (Lipinski definition) is 6. The minimum absolute atomic E-state index is 0.0296. The van der Waals surface area contributed by atoms with Gasteiger partial charge in [-0.2, -0.15) is 0 Å². The number of benzene rings is 1. The summed E-state index contributed by atoms with van der Waals surface area (Å²) in [5.41, 5.74) is -0.973. The molecule has 0 N–H and O–H groups in total. The van der Waals surface area contributed by atoms with Crippen molar-refractivity contribution < 1.29 is 29.0 Å². The summed E-state index contributed by atoms with van der Waals surface area (Å²) in [6.07, 6.45) is -0.832. The number of fused-ring (bicyclic) bond motifs is 1. The molecule has 0 aliphatic carbocycles. The lowest BCUT2D eigenvalue weighted by atomic mass is 9.72. The highest BCUT2D eigenvalue weighted by molar-refractivity contribution is 5.78. The summed E-state index contributed by atoms with van der Waals surface area (Å²) in [7, 11) is 0. The van der Waals surface area contributed by atoms with E-state index in [0.29, 0.717) is 0 Å². The van der Waals surface area contributed by atoms with E-state index in [1.165, 1.54) is 9.80 Å². The first-order chi connectivity index (χ1) is 13.6. The number of carbonyl (C=O) groups is 3. The van der Waals surface area contributed by atoms with E-state index in [9.17, 15) is 19.5 Å². The molecule has 1 aromatic carbocycles. The molecule has 2 atom stereocenters. The van der Waals surface area contributed by atoms with E-state index in [1.54, 1.807) is 20.8 Å². The van der Waals surface area contributed by atoms with E-state index >= 15 is 0 Å². The predicted octanol–water partition coefficient (Wildman–Crippen LogP) is 1.63. The van der Waals surface area contributed by atoms with Gasteiger partial charge in [-0.1, -0.05) is 30.3 Å². The van der Waals surface area contributed by atoms with Crippen LogP contribution >= 0.6 is 0 Å². The first-order valence-corrected chi connectivity index (χ1v) is 9.76. The highest BCUT2D eigenvalue weighted by atomic mass is 16.6. The Balaban J connectivity index is 1.65. The third kappa shape index (κ3) is 4.63. The van der Waals surface area contributed by atoms with Gasteiger partial charge in [0, 0.05) is 43.5 Å². The fraction of sp³-hybridized carbons (Fsp3) is 0.571. The number of nitrogens with zero attached hydrogens (tertiary/aromatic N) is 2. The van der Waals surface area contributed by atoms with Crippen LogP contribution in [0.15, 0.2) is 30.3 Å². The number of likely N-dealkylation sites (tertiary alicyclic amines) is 2. The number of aliphatic carboxylic acids is 1. The molecule has 2 aliphatic heterocycles. The van der Waals surface area contributed by atoms with Gasteiger partial charge in [-0.3, -0.25) is 0 Å². The number of rotatable bonds is 3. The van der Waals surface area contributed by atoms with Gasteiger partial charge in [0.2, 0.25) is 0 Å². The summed E-state index contributed by atoms with van der Waals surface area (Å²) >= 11 is 0. The maximum atomic E-state index is 12.5. The minimum atomic E-state index is -1.19. The van der Waals surface area contributed by atoms with Crippen molar-refractivity contribution in [1.29, 1.82) is 0 Å². The van der Waals surface area contributed by atoms with Crippen LogP contribution in [0, 0.1) is 11.3 Å². The lowest BCUT2D eigenvalue weighted by Gasteiger charge is -2.43. The zero-order valence-electron chi connectivity index (χ0n) is 17.1. The fourth-order valence-electron chi connectivity index (χ4n) is 3.96. The molecular formula is C21H27N2O6-. The van der Waals surface area contributed by atoms with Crippen molar-refractivity contribution in [2.75, 3.05) is 26.2 Å². The van der Waals surface area contributed by atoms with Gasteiger partial charge in [-0.05, 0) is 32.8 Å². The highest BCUT2D eigenvalue weighted by Gasteiger charge is 2.53. The van der Waals surface area contributed by atoms with Crippen LogP contribution in [-0.4, -0.2) is 59.7 Å². The largest absolute Gasteiger partial charge is 0.549 e. The average Bonchev–Trinajstić information content (AvgIpc) is 3.06. The van der Waals surface area contributed by atoms with Gasteiger partial charge in [0.15, 0.2) is 0 Å². The molecule has 2 saturated heterocycles. The first kappa shape index (κ1) is 21.0. The Morgan fingerprint density at radius 1 is 1.10 bits per heavy atom. The highest BCUT2D eigenvalue weighted by Crippen LogP contribution is 2.43. The zero-order valence-corrected chi connectivity index (χ0v) is 17.1. The third-order valence-corrected chi connectivity index (χ3v) is 5.49. The molecule has 3 rings (SSSR count). The molecule has 2 aliphatic rings. The van der Waals surface area contributed by atoms with E-state index in [-0.39, 0.29) is 39.2 Å². The third-order valence-electron chi connectivity index (χ3n) is 5.49. The normalized spacial score (nSPS) is 24.0. The van der Waals surface area contributed by atoms with Gasteiger partial charge in [-0.25, -0.2) is 9.59 Å². The molecule has 2 amide bonds. The molecule has 29 heavy (non-hydrogen) atoms. The van der Waals surface area contributed by atoms with Crippen LogP contribution in [-0.2, 0) is 20.9 Å². The summed E-state index contributed by atoms with van der Waals surface area (Å²) in [5.74, 6) is -1.62. The molecule has 0 spiro atoms. The maximum Gasteiger partial charge on any atom is 0.410 e. The van der Waals surface area contributed by atoms with Crippen molar-refractivity contribution in [1.82, 2.24) is 9.80 Å². The summed E-state index contributed by atoms with van der Waals surface area (Å²) < 4.78 is 10.8. The SMILES string of the molecule is CC(C)(C)OC(=O)N1CC2CN(C(=O)OCc3ccccc3)CC[C@@]2(C(=O)[O-])C1. The smallest absolute Gasteiger partial charge is 0.410 e. The molecule has 2 fully saturated rings. The Kier molecular flexibility index (Phi) is 5.73. The Morgan fingerprint density at radius 2 is 1.76 bits per heavy atom. The number of carboxylic acid groups (broad SMARTS) is 1. The van der Waals surface area contributed by atoms with Crippen molar-refractivity contribution in [3.05, 3.63) is 35.9 Å². The minimum Gasteiger partial charge on any atom is -0.549 e. The second-order valence-electron chi connectivity index (χ2n) is 8.74. The van der Waals surface area contributed by atoms with Crippen LogP contribution in [0.5, 0.6) is 0 Å². The van der Waals surface area contributed by atoms with Crippen LogP contribution in [0.2, 0.25) is 0 Å². The molecule has 0 aromatic heterocycles. The zero-order chi connectivity index (χ0) is 21.2. The van der Waals surface area contributed by atoms with Gasteiger partial charge in [-0.15, -0.1) is 0 Å². The molecule has 8 heteroatoms. The van der Waals surface area contributed by atoms with Crippen molar-refractivity contribution in [2.45, 2.75) is 39.4 Å². The Hall–Kier alpha value is -2.77. The van der Waals surface area contributed by atoms with E-state index in [1.807, 2.05) is 30.3 Å². The van der Waals surface area contributed by atoms with Gasteiger partial charge < -0.3 is 29.2 Å². The van der Waals surface area contributed by atoms with Crippen molar-refractivity contribution in [3.63, 3.8) is 0 Å². The first-order valence-electron chi connectivity index (χ1n) is 9.76. The molecule has 0 bridgehead atoms. The van der Waals surface area contributed by atoms with E-state index in [2.05, 4.69) is 0 Å². The molecule has 158 valence electrons. The van der Waals surface area contributed by atoms with Gasteiger partial charge in [0.05, 0.1) is 0 Å². The van der Waals surface area contributed by atoms with E-state index in [4.69, 9.17) is 9.47 Å². The number of ether oxygens (including phenoxy) is 2. The number of carbonyl (C=O) groups excluding carboxylic acids is 3. The quantitative estimate of drug-likeness (QED) is 0.761. The molecule has 1 unspecified atom stereocenters. The van der Waals surface area contributed by atoms with E-state index < -0.39 is 35.1 Å². The van der Waals surface area contributed by atoms with Crippen LogP contribution in [0.1, 0.15) is 32.8 Å². The molecule has 0 saturated carbocycles. The Bertz CT molecular complexity index is 775. The summed E-state index contributed by atoms with van der Waals surface area (Å²) in [5, 5.41) is 12.0. The molecule has 0 radical (unpaired) electrons. The van der Waals surface area contributed by atoms with Crippen LogP contribution in [0.4, 0.5) is 9.59 Å². The van der Waals surface area contributed by atoms with Crippen LogP contribution in [0.3, 0.4) is 0 Å². The maximum absolute atomic E-state index is 12.5. The topological polar surface area (TPSA) is 99.2 Å². The molecule has 1 aromatic rings. The lowest BCUT2D eigenvalue weighted by Crippen LogP contribution is -2.56. The summed E-state index contributed by atoms with van der Waals surface area (Å²) in [6.45, 7) is 6.08. The molecular weight excluding hydrogens is 376 g/mol. The summed E-state index contributed by atoms with van der Waals surface area (Å²) in [4.78, 5) is 39.8. The Labute approximate surface area is 170 Å². The lowest BCUT2D eigenvalue weighted by molar-refractivity contribution is -0.322. The fourth-order valence-corrected chi connectivity index (χ4v) is 3.96. The number of piperidine rings is 1. The predicted molar refractivity (Wildman–Crippen MR) is 102 cm³/mol. The summed E-state index contributed by atoms with van der Waals surface area (Å²) in [6, 6.07) is 9.33.